The number of hydrogen-bond donors (Lipinski definition) is 1. The fourth-order valence-electron chi connectivity index (χ4n) is 2.32. The van der Waals surface area contributed by atoms with Crippen LogP contribution in [0.2, 0.25) is 0 Å². The summed E-state index contributed by atoms with van der Waals surface area (Å²) in [5.41, 5.74) is 1.33. The second-order valence-electron chi connectivity index (χ2n) is 5.41. The Kier molecular flexibility index (Phi) is 4.02. The van der Waals surface area contributed by atoms with Crippen LogP contribution in [-0.2, 0) is 0 Å². The molecule has 3 rings (SSSR count). The molecule has 1 aromatic heterocycles. The zero-order valence-electron chi connectivity index (χ0n) is 12.9. The van der Waals surface area contributed by atoms with Crippen molar-refractivity contribution in [3.63, 3.8) is 0 Å². The highest BCUT2D eigenvalue weighted by atomic mass is 19.1. The van der Waals surface area contributed by atoms with E-state index in [-0.39, 0.29) is 17.9 Å². The number of rotatable bonds is 3. The summed E-state index contributed by atoms with van der Waals surface area (Å²) < 4.78 is 18.7. The van der Waals surface area contributed by atoms with E-state index in [2.05, 4.69) is 5.32 Å². The van der Waals surface area contributed by atoms with Gasteiger partial charge in [-0.2, -0.15) is 0 Å². The topological polar surface area (TPSA) is 45.5 Å². The van der Waals surface area contributed by atoms with Crippen molar-refractivity contribution in [3.8, 4) is 0 Å². The lowest BCUT2D eigenvalue weighted by molar-refractivity contribution is 0.201. The number of para-hydroxylation sites is 1. The molecule has 0 fully saturated rings. The van der Waals surface area contributed by atoms with Gasteiger partial charge in [0.1, 0.15) is 17.2 Å². The number of benzene rings is 2. The average Bonchev–Trinajstić information content (AvgIpc) is 2.99. The summed E-state index contributed by atoms with van der Waals surface area (Å²) in [6.07, 6.45) is 0. The maximum Gasteiger partial charge on any atom is 0.322 e. The van der Waals surface area contributed by atoms with E-state index < -0.39 is 0 Å². The van der Waals surface area contributed by atoms with Crippen molar-refractivity contribution in [1.29, 1.82) is 0 Å². The third-order valence-corrected chi connectivity index (χ3v) is 3.85. The van der Waals surface area contributed by atoms with E-state index in [0.717, 1.165) is 11.0 Å². The normalized spacial score (nSPS) is 12.1. The quantitative estimate of drug-likeness (QED) is 0.755. The van der Waals surface area contributed by atoms with E-state index in [1.165, 1.54) is 24.3 Å². The van der Waals surface area contributed by atoms with Crippen molar-refractivity contribution in [1.82, 2.24) is 4.90 Å². The standard InChI is InChI=1S/C18H17FN2O2/c1-12(17-11-13-5-3-4-6-16(13)23-17)21(2)18(22)20-15-9-7-14(19)8-10-15/h3-12H,1-2H3,(H,20,22). The van der Waals surface area contributed by atoms with Crippen molar-refractivity contribution in [2.24, 2.45) is 0 Å². The molecule has 118 valence electrons. The minimum absolute atomic E-state index is 0.233. The summed E-state index contributed by atoms with van der Waals surface area (Å²) in [6, 6.07) is 14.8. The number of halogens is 1. The number of furan rings is 1. The molecular formula is C18H17FN2O2. The van der Waals surface area contributed by atoms with Gasteiger partial charge in [-0.1, -0.05) is 18.2 Å². The number of fused-ring (bicyclic) bond motifs is 1. The van der Waals surface area contributed by atoms with Crippen LogP contribution in [0.1, 0.15) is 18.7 Å². The predicted molar refractivity (Wildman–Crippen MR) is 87.8 cm³/mol. The van der Waals surface area contributed by atoms with Gasteiger partial charge in [0.2, 0.25) is 0 Å². The number of anilines is 1. The van der Waals surface area contributed by atoms with Crippen LogP contribution in [0.3, 0.4) is 0 Å². The van der Waals surface area contributed by atoms with Crippen LogP contribution >= 0.6 is 0 Å². The van der Waals surface area contributed by atoms with Crippen LogP contribution in [0.25, 0.3) is 11.0 Å². The Labute approximate surface area is 133 Å². The molecule has 2 amide bonds. The fraction of sp³-hybridized carbons (Fsp3) is 0.167. The number of carbonyl (C=O) groups excluding carboxylic acids is 1. The van der Waals surface area contributed by atoms with Gasteiger partial charge in [0, 0.05) is 18.1 Å². The molecule has 3 aromatic rings. The molecule has 1 atom stereocenters. The van der Waals surface area contributed by atoms with Crippen LogP contribution in [0.4, 0.5) is 14.9 Å². The number of urea groups is 1. The SMILES string of the molecule is CC(c1cc2ccccc2o1)N(C)C(=O)Nc1ccc(F)cc1. The highest BCUT2D eigenvalue weighted by molar-refractivity contribution is 5.89. The van der Waals surface area contributed by atoms with E-state index >= 15 is 0 Å². The summed E-state index contributed by atoms with van der Waals surface area (Å²) in [5, 5.41) is 3.73. The van der Waals surface area contributed by atoms with Crippen LogP contribution < -0.4 is 5.32 Å². The van der Waals surface area contributed by atoms with Gasteiger partial charge in [0.25, 0.3) is 0 Å². The Morgan fingerprint density at radius 1 is 1.17 bits per heavy atom. The van der Waals surface area contributed by atoms with Gasteiger partial charge >= 0.3 is 6.03 Å². The number of amides is 2. The third-order valence-electron chi connectivity index (χ3n) is 3.85. The first-order valence-electron chi connectivity index (χ1n) is 7.32. The Morgan fingerprint density at radius 2 is 1.87 bits per heavy atom. The predicted octanol–water partition coefficient (Wildman–Crippen LogP) is 4.80. The minimum Gasteiger partial charge on any atom is -0.459 e. The summed E-state index contributed by atoms with van der Waals surface area (Å²) in [7, 11) is 1.69. The number of nitrogens with one attached hydrogen (secondary N) is 1. The molecule has 0 aliphatic carbocycles. The average molecular weight is 312 g/mol. The number of carbonyl (C=O) groups is 1. The summed E-state index contributed by atoms with van der Waals surface area (Å²) in [6.45, 7) is 1.89. The molecule has 2 aromatic carbocycles. The highest BCUT2D eigenvalue weighted by Gasteiger charge is 2.20. The van der Waals surface area contributed by atoms with Crippen molar-refractivity contribution >= 4 is 22.7 Å². The lowest BCUT2D eigenvalue weighted by Gasteiger charge is -2.23. The molecule has 23 heavy (non-hydrogen) atoms. The van der Waals surface area contributed by atoms with Gasteiger partial charge in [-0.15, -0.1) is 0 Å². The number of hydrogen-bond acceptors (Lipinski definition) is 2. The van der Waals surface area contributed by atoms with Crippen molar-refractivity contribution in [2.75, 3.05) is 12.4 Å². The zero-order chi connectivity index (χ0) is 16.4. The molecule has 4 nitrogen and oxygen atoms in total. The van der Waals surface area contributed by atoms with Gasteiger partial charge in [0.15, 0.2) is 0 Å². The van der Waals surface area contributed by atoms with Gasteiger partial charge in [-0.3, -0.25) is 0 Å². The van der Waals surface area contributed by atoms with E-state index in [0.29, 0.717) is 11.4 Å². The zero-order valence-corrected chi connectivity index (χ0v) is 12.9. The molecule has 0 saturated heterocycles. The molecule has 0 aliphatic rings. The molecule has 1 heterocycles. The summed E-state index contributed by atoms with van der Waals surface area (Å²) in [4.78, 5) is 13.8. The van der Waals surface area contributed by atoms with Crippen molar-refractivity contribution < 1.29 is 13.6 Å². The maximum absolute atomic E-state index is 12.9. The van der Waals surface area contributed by atoms with E-state index in [1.54, 1.807) is 11.9 Å². The number of nitrogens with zero attached hydrogens (tertiary/aromatic N) is 1. The van der Waals surface area contributed by atoms with Gasteiger partial charge < -0.3 is 14.6 Å². The third kappa shape index (κ3) is 3.18. The highest BCUT2D eigenvalue weighted by Crippen LogP contribution is 2.27. The van der Waals surface area contributed by atoms with Gasteiger partial charge in [-0.25, -0.2) is 9.18 Å². The van der Waals surface area contributed by atoms with Crippen LogP contribution in [0, 0.1) is 5.82 Å². The Hall–Kier alpha value is -2.82. The van der Waals surface area contributed by atoms with Crippen molar-refractivity contribution in [2.45, 2.75) is 13.0 Å². The fourth-order valence-corrected chi connectivity index (χ4v) is 2.32. The first-order chi connectivity index (χ1) is 11.0. The minimum atomic E-state index is -0.341. The largest absolute Gasteiger partial charge is 0.459 e. The second kappa shape index (κ2) is 6.12. The van der Waals surface area contributed by atoms with E-state index in [9.17, 15) is 9.18 Å². The lowest BCUT2D eigenvalue weighted by atomic mass is 10.2. The molecule has 1 N–H and O–H groups in total. The van der Waals surface area contributed by atoms with E-state index in [4.69, 9.17) is 4.42 Å². The molecule has 0 aliphatic heterocycles. The lowest BCUT2D eigenvalue weighted by Crippen LogP contribution is -2.33. The van der Waals surface area contributed by atoms with Crippen LogP contribution in [0.5, 0.6) is 0 Å². The Bertz CT molecular complexity index is 793. The molecular weight excluding hydrogens is 295 g/mol. The second-order valence-corrected chi connectivity index (χ2v) is 5.41. The first-order valence-corrected chi connectivity index (χ1v) is 7.32. The smallest absolute Gasteiger partial charge is 0.322 e. The molecule has 0 spiro atoms. The molecule has 1 unspecified atom stereocenters. The summed E-state index contributed by atoms with van der Waals surface area (Å²) in [5.74, 6) is 0.370. The maximum atomic E-state index is 12.9. The molecule has 0 saturated carbocycles. The van der Waals surface area contributed by atoms with Gasteiger partial charge in [0.05, 0.1) is 6.04 Å². The molecule has 0 bridgehead atoms. The first kappa shape index (κ1) is 15.1. The van der Waals surface area contributed by atoms with Crippen LogP contribution in [0.15, 0.2) is 59.0 Å². The monoisotopic (exact) mass is 312 g/mol. The summed E-state index contributed by atoms with van der Waals surface area (Å²) >= 11 is 0. The van der Waals surface area contributed by atoms with Crippen LogP contribution in [-0.4, -0.2) is 18.0 Å². The molecule has 5 heteroatoms. The Balaban J connectivity index is 1.74. The Morgan fingerprint density at radius 3 is 2.57 bits per heavy atom. The van der Waals surface area contributed by atoms with Gasteiger partial charge in [-0.05, 0) is 43.3 Å². The molecule has 0 radical (unpaired) electrons. The van der Waals surface area contributed by atoms with E-state index in [1.807, 2.05) is 37.3 Å². The van der Waals surface area contributed by atoms with Crippen molar-refractivity contribution in [3.05, 3.63) is 66.2 Å².